The SMILES string of the molecule is COc1ccc(CCNC(=O)C(C)(C)C(=O)NC2CC2)cc1OC. The minimum Gasteiger partial charge on any atom is -0.493 e. The molecule has 2 rings (SSSR count). The van der Waals surface area contributed by atoms with Crippen LogP contribution in [0.4, 0.5) is 0 Å². The van der Waals surface area contributed by atoms with Crippen LogP contribution in [0.25, 0.3) is 0 Å². The Morgan fingerprint density at radius 2 is 1.79 bits per heavy atom. The molecule has 6 nitrogen and oxygen atoms in total. The second-order valence-electron chi connectivity index (χ2n) is 6.57. The molecule has 1 aliphatic rings. The maximum Gasteiger partial charge on any atom is 0.235 e. The molecule has 0 saturated heterocycles. The normalized spacial score (nSPS) is 14.0. The van der Waals surface area contributed by atoms with E-state index in [1.54, 1.807) is 28.1 Å². The number of carbonyl (C=O) groups is 2. The van der Waals surface area contributed by atoms with Crippen LogP contribution in [0.3, 0.4) is 0 Å². The summed E-state index contributed by atoms with van der Waals surface area (Å²) >= 11 is 0. The average molecular weight is 334 g/mol. The quantitative estimate of drug-likeness (QED) is 0.709. The molecule has 0 unspecified atom stereocenters. The lowest BCUT2D eigenvalue weighted by atomic mass is 9.91. The summed E-state index contributed by atoms with van der Waals surface area (Å²) in [4.78, 5) is 24.4. The predicted octanol–water partition coefficient (Wildman–Crippen LogP) is 1.67. The van der Waals surface area contributed by atoms with Crippen molar-refractivity contribution in [3.05, 3.63) is 23.8 Å². The lowest BCUT2D eigenvalue weighted by molar-refractivity contribution is -0.141. The number of nitrogens with one attached hydrogen (secondary N) is 2. The van der Waals surface area contributed by atoms with E-state index >= 15 is 0 Å². The van der Waals surface area contributed by atoms with Crippen molar-refractivity contribution in [1.29, 1.82) is 0 Å². The average Bonchev–Trinajstić information content (AvgIpc) is 3.38. The van der Waals surface area contributed by atoms with Gasteiger partial charge in [0.2, 0.25) is 11.8 Å². The number of hydrogen-bond acceptors (Lipinski definition) is 4. The number of carbonyl (C=O) groups excluding carboxylic acids is 2. The monoisotopic (exact) mass is 334 g/mol. The third-order valence-electron chi connectivity index (χ3n) is 4.20. The number of benzene rings is 1. The molecule has 2 N–H and O–H groups in total. The van der Waals surface area contributed by atoms with E-state index in [0.29, 0.717) is 24.5 Å². The Balaban J connectivity index is 1.86. The molecule has 1 fully saturated rings. The van der Waals surface area contributed by atoms with Gasteiger partial charge in [-0.25, -0.2) is 0 Å². The molecule has 0 spiro atoms. The van der Waals surface area contributed by atoms with E-state index in [2.05, 4.69) is 10.6 Å². The highest BCUT2D eigenvalue weighted by Gasteiger charge is 2.38. The van der Waals surface area contributed by atoms with Crippen molar-refractivity contribution in [3.63, 3.8) is 0 Å². The van der Waals surface area contributed by atoms with Crippen molar-refractivity contribution < 1.29 is 19.1 Å². The minimum atomic E-state index is -1.07. The van der Waals surface area contributed by atoms with Crippen LogP contribution >= 0.6 is 0 Å². The number of rotatable bonds is 8. The lowest BCUT2D eigenvalue weighted by Crippen LogP contribution is -2.48. The summed E-state index contributed by atoms with van der Waals surface area (Å²) in [5.41, 5.74) is -0.0478. The van der Waals surface area contributed by atoms with Gasteiger partial charge in [0.15, 0.2) is 11.5 Å². The molecular formula is C18H26N2O4. The van der Waals surface area contributed by atoms with Crippen LogP contribution in [0.2, 0.25) is 0 Å². The topological polar surface area (TPSA) is 76.7 Å². The molecule has 0 heterocycles. The summed E-state index contributed by atoms with van der Waals surface area (Å²) in [5, 5.41) is 5.72. The van der Waals surface area contributed by atoms with Crippen molar-refractivity contribution in [2.24, 2.45) is 5.41 Å². The third-order valence-corrected chi connectivity index (χ3v) is 4.20. The van der Waals surface area contributed by atoms with Crippen molar-refractivity contribution in [2.45, 2.75) is 39.2 Å². The third kappa shape index (κ3) is 4.40. The van der Waals surface area contributed by atoms with Gasteiger partial charge >= 0.3 is 0 Å². The van der Waals surface area contributed by atoms with Gasteiger partial charge in [0.05, 0.1) is 14.2 Å². The Kier molecular flexibility index (Phi) is 5.70. The van der Waals surface area contributed by atoms with Gasteiger partial charge in [-0.15, -0.1) is 0 Å². The number of ether oxygens (including phenoxy) is 2. The van der Waals surface area contributed by atoms with E-state index in [9.17, 15) is 9.59 Å². The Morgan fingerprint density at radius 1 is 1.12 bits per heavy atom. The molecule has 0 radical (unpaired) electrons. The summed E-state index contributed by atoms with van der Waals surface area (Å²) < 4.78 is 10.5. The van der Waals surface area contributed by atoms with Crippen LogP contribution in [0.5, 0.6) is 11.5 Å². The molecule has 6 heteroatoms. The Morgan fingerprint density at radius 3 is 2.38 bits per heavy atom. The number of hydrogen-bond donors (Lipinski definition) is 2. The second-order valence-corrected chi connectivity index (χ2v) is 6.57. The van der Waals surface area contributed by atoms with Crippen LogP contribution in [-0.4, -0.2) is 38.6 Å². The van der Waals surface area contributed by atoms with Crippen LogP contribution < -0.4 is 20.1 Å². The largest absolute Gasteiger partial charge is 0.493 e. The Labute approximate surface area is 142 Å². The first-order valence-corrected chi connectivity index (χ1v) is 8.18. The number of amides is 2. The zero-order valence-corrected chi connectivity index (χ0v) is 14.8. The first-order chi connectivity index (χ1) is 11.4. The van der Waals surface area contributed by atoms with Crippen LogP contribution in [-0.2, 0) is 16.0 Å². The van der Waals surface area contributed by atoms with E-state index in [1.165, 1.54) is 0 Å². The van der Waals surface area contributed by atoms with Gasteiger partial charge in [-0.05, 0) is 50.8 Å². The predicted molar refractivity (Wildman–Crippen MR) is 91.2 cm³/mol. The smallest absolute Gasteiger partial charge is 0.235 e. The highest BCUT2D eigenvalue weighted by atomic mass is 16.5. The van der Waals surface area contributed by atoms with Gasteiger partial charge in [-0.3, -0.25) is 9.59 Å². The van der Waals surface area contributed by atoms with Gasteiger partial charge < -0.3 is 20.1 Å². The summed E-state index contributed by atoms with van der Waals surface area (Å²) in [7, 11) is 3.18. The van der Waals surface area contributed by atoms with Crippen molar-refractivity contribution in [2.75, 3.05) is 20.8 Å². The Bertz CT molecular complexity index is 609. The first-order valence-electron chi connectivity index (χ1n) is 8.18. The summed E-state index contributed by atoms with van der Waals surface area (Å²) in [6.45, 7) is 3.75. The molecule has 2 amide bonds. The summed E-state index contributed by atoms with van der Waals surface area (Å²) in [5.74, 6) is 0.850. The van der Waals surface area contributed by atoms with Gasteiger partial charge in [0, 0.05) is 12.6 Å². The lowest BCUT2D eigenvalue weighted by Gasteiger charge is -2.22. The molecule has 1 aliphatic carbocycles. The van der Waals surface area contributed by atoms with Gasteiger partial charge in [-0.2, -0.15) is 0 Å². The second kappa shape index (κ2) is 7.55. The van der Waals surface area contributed by atoms with Crippen LogP contribution in [0.1, 0.15) is 32.3 Å². The van der Waals surface area contributed by atoms with Crippen molar-refractivity contribution in [1.82, 2.24) is 10.6 Å². The zero-order chi connectivity index (χ0) is 17.7. The van der Waals surface area contributed by atoms with E-state index in [4.69, 9.17) is 9.47 Å². The molecule has 24 heavy (non-hydrogen) atoms. The highest BCUT2D eigenvalue weighted by Crippen LogP contribution is 2.27. The molecule has 1 saturated carbocycles. The maximum atomic E-state index is 12.3. The number of methoxy groups -OCH3 is 2. The summed E-state index contributed by atoms with van der Waals surface area (Å²) in [6, 6.07) is 5.90. The fraction of sp³-hybridized carbons (Fsp3) is 0.556. The molecular weight excluding hydrogens is 308 g/mol. The molecule has 0 aromatic heterocycles. The molecule has 1 aromatic rings. The van der Waals surface area contributed by atoms with Gasteiger partial charge in [0.25, 0.3) is 0 Å². The molecule has 1 aromatic carbocycles. The van der Waals surface area contributed by atoms with Crippen LogP contribution in [0, 0.1) is 5.41 Å². The van der Waals surface area contributed by atoms with Crippen molar-refractivity contribution >= 4 is 11.8 Å². The molecule has 132 valence electrons. The summed E-state index contributed by atoms with van der Waals surface area (Å²) in [6.07, 6.45) is 2.65. The molecule has 0 bridgehead atoms. The van der Waals surface area contributed by atoms with E-state index in [1.807, 2.05) is 18.2 Å². The minimum absolute atomic E-state index is 0.214. The standard InChI is InChI=1S/C18H26N2O4/c1-18(2,17(22)20-13-6-7-13)16(21)19-10-9-12-5-8-14(23-3)15(11-12)24-4/h5,8,11,13H,6-7,9-10H2,1-4H3,(H,19,21)(H,20,22). The fourth-order valence-electron chi connectivity index (χ4n) is 2.27. The van der Waals surface area contributed by atoms with Gasteiger partial charge in [-0.1, -0.05) is 6.07 Å². The Hall–Kier alpha value is -2.24. The maximum absolute atomic E-state index is 12.3. The first kappa shape index (κ1) is 18.1. The van der Waals surface area contributed by atoms with Crippen LogP contribution in [0.15, 0.2) is 18.2 Å². The fourth-order valence-corrected chi connectivity index (χ4v) is 2.27. The zero-order valence-electron chi connectivity index (χ0n) is 14.8. The van der Waals surface area contributed by atoms with Gasteiger partial charge in [0.1, 0.15) is 5.41 Å². The van der Waals surface area contributed by atoms with E-state index in [-0.39, 0.29) is 17.9 Å². The van der Waals surface area contributed by atoms with Crippen molar-refractivity contribution in [3.8, 4) is 11.5 Å². The van der Waals surface area contributed by atoms with E-state index < -0.39 is 5.41 Å². The highest BCUT2D eigenvalue weighted by molar-refractivity contribution is 6.04. The molecule has 0 atom stereocenters. The van der Waals surface area contributed by atoms with E-state index in [0.717, 1.165) is 18.4 Å². The molecule has 0 aliphatic heterocycles.